The van der Waals surface area contributed by atoms with Crippen LogP contribution in [0.1, 0.15) is 33.3 Å². The fourth-order valence-corrected chi connectivity index (χ4v) is 3.79. The van der Waals surface area contributed by atoms with Gasteiger partial charge in [0.25, 0.3) is 0 Å². The summed E-state index contributed by atoms with van der Waals surface area (Å²) >= 11 is 6.76. The summed E-state index contributed by atoms with van der Waals surface area (Å²) in [5, 5.41) is 9.19. The Morgan fingerprint density at radius 1 is 1.28 bits per heavy atom. The van der Waals surface area contributed by atoms with E-state index in [2.05, 4.69) is 31.9 Å². The van der Waals surface area contributed by atoms with Crippen LogP contribution in [0, 0.1) is 11.3 Å². The normalized spacial score (nSPS) is 10.2. The van der Waals surface area contributed by atoms with Crippen LogP contribution in [0.4, 0.5) is 5.69 Å². The van der Waals surface area contributed by atoms with Gasteiger partial charge in [0.15, 0.2) is 5.69 Å². The molecule has 9 heteroatoms. The molecule has 0 aliphatic rings. The van der Waals surface area contributed by atoms with Crippen LogP contribution in [0.25, 0.3) is 5.69 Å². The van der Waals surface area contributed by atoms with Gasteiger partial charge in [0, 0.05) is 15.1 Å². The molecule has 2 aromatic rings. The molecule has 0 radical (unpaired) electrons. The van der Waals surface area contributed by atoms with Gasteiger partial charge in [0.05, 0.1) is 36.2 Å². The number of nitrogen functional groups attached to an aromatic ring is 1. The lowest BCUT2D eigenvalue weighted by molar-refractivity contribution is 0.0524. The molecule has 1 aromatic heterocycles. The van der Waals surface area contributed by atoms with Gasteiger partial charge in [0.2, 0.25) is 0 Å². The second-order valence-corrected chi connectivity index (χ2v) is 6.50. The highest BCUT2D eigenvalue weighted by Gasteiger charge is 2.24. The number of nitriles is 1. The fourth-order valence-electron chi connectivity index (χ4n) is 2.22. The van der Waals surface area contributed by atoms with E-state index in [1.807, 2.05) is 6.07 Å². The van der Waals surface area contributed by atoms with Crippen molar-refractivity contribution in [1.82, 2.24) is 4.57 Å². The van der Waals surface area contributed by atoms with Gasteiger partial charge in [-0.25, -0.2) is 9.59 Å². The van der Waals surface area contributed by atoms with Gasteiger partial charge >= 0.3 is 11.9 Å². The first-order valence-corrected chi connectivity index (χ1v) is 8.60. The summed E-state index contributed by atoms with van der Waals surface area (Å²) in [6.07, 6.45) is 1.43. The van der Waals surface area contributed by atoms with E-state index in [0.717, 1.165) is 0 Å². The summed E-state index contributed by atoms with van der Waals surface area (Å²) in [5.41, 5.74) is 6.88. The van der Waals surface area contributed by atoms with E-state index in [0.29, 0.717) is 20.2 Å². The summed E-state index contributed by atoms with van der Waals surface area (Å²) in [4.78, 5) is 24.0. The number of benzene rings is 1. The quantitative estimate of drug-likeness (QED) is 0.686. The Balaban J connectivity index is 2.69. The largest absolute Gasteiger partial charge is 0.464 e. The van der Waals surface area contributed by atoms with Crippen molar-refractivity contribution in [1.29, 1.82) is 5.26 Å². The number of carbonyl (C=O) groups excluding carboxylic acids is 2. The molecule has 0 aliphatic carbocycles. The maximum atomic E-state index is 12.1. The standard InChI is InChI=1S/C16H13Br2N3O4/c1-3-25-15(22)8-4-10(17)13(11(18)5-8)21-7-9(6-19)12(20)14(21)16(23)24-2/h4-5,7H,3,20H2,1-2H3. The third-order valence-electron chi connectivity index (χ3n) is 3.31. The predicted molar refractivity (Wildman–Crippen MR) is 97.6 cm³/mol. The molecule has 0 saturated heterocycles. The zero-order valence-corrected chi connectivity index (χ0v) is 16.5. The molecule has 130 valence electrons. The molecule has 2 rings (SSSR count). The number of carbonyl (C=O) groups is 2. The van der Waals surface area contributed by atoms with E-state index in [4.69, 9.17) is 15.2 Å². The SMILES string of the molecule is CCOC(=O)c1cc(Br)c(-n2cc(C#N)c(N)c2C(=O)OC)c(Br)c1. The molecule has 2 N–H and O–H groups in total. The lowest BCUT2D eigenvalue weighted by Crippen LogP contribution is -2.12. The summed E-state index contributed by atoms with van der Waals surface area (Å²) in [6, 6.07) is 5.05. The highest BCUT2D eigenvalue weighted by molar-refractivity contribution is 9.11. The van der Waals surface area contributed by atoms with Crippen molar-refractivity contribution in [3.63, 3.8) is 0 Å². The Kier molecular flexibility index (Phi) is 5.87. The van der Waals surface area contributed by atoms with E-state index < -0.39 is 11.9 Å². The number of hydrogen-bond acceptors (Lipinski definition) is 6. The van der Waals surface area contributed by atoms with E-state index in [-0.39, 0.29) is 23.6 Å². The average molecular weight is 471 g/mol. The maximum absolute atomic E-state index is 12.1. The number of ether oxygens (including phenoxy) is 2. The first kappa shape index (κ1) is 19.0. The average Bonchev–Trinajstić information content (AvgIpc) is 2.90. The van der Waals surface area contributed by atoms with Gasteiger partial charge in [-0.2, -0.15) is 5.26 Å². The second kappa shape index (κ2) is 7.72. The molecule has 1 aromatic carbocycles. The van der Waals surface area contributed by atoms with E-state index in [1.54, 1.807) is 19.1 Å². The molecule has 0 saturated carbocycles. The lowest BCUT2D eigenvalue weighted by Gasteiger charge is -2.14. The highest BCUT2D eigenvalue weighted by atomic mass is 79.9. The summed E-state index contributed by atoms with van der Waals surface area (Å²) < 4.78 is 12.2. The smallest absolute Gasteiger partial charge is 0.357 e. The first-order chi connectivity index (χ1) is 11.8. The van der Waals surface area contributed by atoms with Gasteiger partial charge in [-0.1, -0.05) is 0 Å². The molecule has 0 aliphatic heterocycles. The molecule has 1 heterocycles. The van der Waals surface area contributed by atoms with Crippen LogP contribution in [0.15, 0.2) is 27.3 Å². The molecular weight excluding hydrogens is 458 g/mol. The number of methoxy groups -OCH3 is 1. The van der Waals surface area contributed by atoms with Crippen molar-refractivity contribution in [2.24, 2.45) is 0 Å². The van der Waals surface area contributed by atoms with Crippen LogP contribution >= 0.6 is 31.9 Å². The van der Waals surface area contributed by atoms with E-state index in [1.165, 1.54) is 17.9 Å². The molecule has 0 spiro atoms. The van der Waals surface area contributed by atoms with Crippen molar-refractivity contribution < 1.29 is 19.1 Å². The molecule has 0 unspecified atom stereocenters. The Bertz CT molecular complexity index is 877. The minimum absolute atomic E-state index is 0.0163. The van der Waals surface area contributed by atoms with Crippen molar-refractivity contribution >= 4 is 49.5 Å². The third kappa shape index (κ3) is 3.55. The number of anilines is 1. The lowest BCUT2D eigenvalue weighted by atomic mass is 10.2. The van der Waals surface area contributed by atoms with Crippen molar-refractivity contribution in [2.45, 2.75) is 6.92 Å². The highest BCUT2D eigenvalue weighted by Crippen LogP contribution is 2.35. The van der Waals surface area contributed by atoms with Gasteiger partial charge in [-0.3, -0.25) is 0 Å². The molecular formula is C16H13Br2N3O4. The van der Waals surface area contributed by atoms with Crippen LogP contribution in [0.5, 0.6) is 0 Å². The fraction of sp³-hybridized carbons (Fsp3) is 0.188. The molecule has 0 amide bonds. The van der Waals surface area contributed by atoms with Gasteiger partial charge in [0.1, 0.15) is 6.07 Å². The minimum atomic E-state index is -0.688. The monoisotopic (exact) mass is 469 g/mol. The molecule has 0 bridgehead atoms. The van der Waals surface area contributed by atoms with E-state index >= 15 is 0 Å². The Morgan fingerprint density at radius 2 is 1.88 bits per heavy atom. The Morgan fingerprint density at radius 3 is 2.36 bits per heavy atom. The number of hydrogen-bond donors (Lipinski definition) is 1. The zero-order chi connectivity index (χ0) is 18.7. The summed E-state index contributed by atoms with van der Waals surface area (Å²) in [7, 11) is 1.22. The number of nitrogens with two attached hydrogens (primary N) is 1. The molecule has 25 heavy (non-hydrogen) atoms. The minimum Gasteiger partial charge on any atom is -0.464 e. The topological polar surface area (TPSA) is 107 Å². The number of nitrogens with zero attached hydrogens (tertiary/aromatic N) is 2. The van der Waals surface area contributed by atoms with Crippen molar-refractivity contribution in [3.8, 4) is 11.8 Å². The summed E-state index contributed by atoms with van der Waals surface area (Å²) in [6.45, 7) is 1.97. The maximum Gasteiger partial charge on any atom is 0.357 e. The second-order valence-electron chi connectivity index (χ2n) is 4.79. The molecule has 0 fully saturated rings. The van der Waals surface area contributed by atoms with Gasteiger partial charge in [-0.05, 0) is 50.9 Å². The van der Waals surface area contributed by atoms with Gasteiger partial charge < -0.3 is 19.8 Å². The first-order valence-electron chi connectivity index (χ1n) is 7.01. The Hall–Kier alpha value is -2.31. The van der Waals surface area contributed by atoms with Gasteiger partial charge in [-0.15, -0.1) is 0 Å². The number of aromatic nitrogens is 1. The molecule has 0 atom stereocenters. The van der Waals surface area contributed by atoms with Crippen LogP contribution in [-0.2, 0) is 9.47 Å². The van der Waals surface area contributed by atoms with Crippen molar-refractivity contribution in [3.05, 3.63) is 44.1 Å². The Labute approximate surface area is 160 Å². The molecule has 7 nitrogen and oxygen atoms in total. The van der Waals surface area contributed by atoms with E-state index in [9.17, 15) is 14.9 Å². The number of halogens is 2. The van der Waals surface area contributed by atoms with Crippen LogP contribution in [0.2, 0.25) is 0 Å². The number of rotatable bonds is 4. The van der Waals surface area contributed by atoms with Crippen LogP contribution in [0.3, 0.4) is 0 Å². The van der Waals surface area contributed by atoms with Crippen LogP contribution < -0.4 is 5.73 Å². The third-order valence-corrected chi connectivity index (χ3v) is 4.52. The predicted octanol–water partition coefficient (Wildman–Crippen LogP) is 3.42. The number of esters is 2. The van der Waals surface area contributed by atoms with Crippen LogP contribution in [-0.4, -0.2) is 30.2 Å². The zero-order valence-electron chi connectivity index (χ0n) is 13.3. The summed E-state index contributed by atoms with van der Waals surface area (Å²) in [5.74, 6) is -1.17. The van der Waals surface area contributed by atoms with Crippen molar-refractivity contribution in [2.75, 3.05) is 19.5 Å².